The van der Waals surface area contributed by atoms with Gasteiger partial charge in [-0.1, -0.05) is 29.8 Å². The van der Waals surface area contributed by atoms with Crippen molar-refractivity contribution in [2.24, 2.45) is 0 Å². The summed E-state index contributed by atoms with van der Waals surface area (Å²) in [5.74, 6) is 0. The maximum atomic E-state index is 9.96. The van der Waals surface area contributed by atoms with Gasteiger partial charge >= 0.3 is 0 Å². The minimum Gasteiger partial charge on any atom is -0.386 e. The van der Waals surface area contributed by atoms with Crippen LogP contribution in [0, 0.1) is 6.92 Å². The van der Waals surface area contributed by atoms with Crippen LogP contribution in [0.2, 0.25) is 0 Å². The molecule has 1 heterocycles. The first-order valence-corrected chi connectivity index (χ1v) is 4.93. The first kappa shape index (κ1) is 9.69. The molecule has 0 amide bonds. The predicted molar refractivity (Wildman–Crippen MR) is 55.1 cm³/mol. The molecule has 0 aromatic heterocycles. The normalized spacial score (nSPS) is 25.9. The van der Waals surface area contributed by atoms with Crippen LogP contribution >= 0.6 is 0 Å². The molecule has 14 heavy (non-hydrogen) atoms. The summed E-state index contributed by atoms with van der Waals surface area (Å²) in [5, 5.41) is 9.96. The Morgan fingerprint density at radius 3 is 2.21 bits per heavy atom. The van der Waals surface area contributed by atoms with Crippen molar-refractivity contribution in [3.05, 3.63) is 35.4 Å². The van der Waals surface area contributed by atoms with E-state index in [4.69, 9.17) is 4.74 Å². The molecule has 1 aromatic rings. The zero-order valence-corrected chi connectivity index (χ0v) is 8.82. The minimum absolute atomic E-state index is 0.0507. The van der Waals surface area contributed by atoms with E-state index in [1.54, 1.807) is 0 Å². The van der Waals surface area contributed by atoms with Crippen molar-refractivity contribution in [2.45, 2.75) is 38.6 Å². The van der Waals surface area contributed by atoms with Gasteiger partial charge in [0, 0.05) is 0 Å². The van der Waals surface area contributed by atoms with Gasteiger partial charge in [0.15, 0.2) is 0 Å². The molecule has 1 aliphatic heterocycles. The van der Waals surface area contributed by atoms with Crippen molar-refractivity contribution in [1.82, 2.24) is 0 Å². The van der Waals surface area contributed by atoms with E-state index in [1.165, 1.54) is 5.56 Å². The highest BCUT2D eigenvalue weighted by Gasteiger charge is 2.52. The molecule has 1 N–H and O–H groups in total. The quantitative estimate of drug-likeness (QED) is 0.729. The molecule has 2 rings (SSSR count). The fourth-order valence-electron chi connectivity index (χ4n) is 1.68. The summed E-state index contributed by atoms with van der Waals surface area (Å²) in [7, 11) is 0. The van der Waals surface area contributed by atoms with Gasteiger partial charge in [0.2, 0.25) is 0 Å². The number of benzene rings is 1. The summed E-state index contributed by atoms with van der Waals surface area (Å²) in [6.45, 7) is 6.03. The number of aliphatic hydroxyl groups excluding tert-OH is 1. The topological polar surface area (TPSA) is 32.8 Å². The van der Waals surface area contributed by atoms with Crippen LogP contribution in [0.3, 0.4) is 0 Å². The van der Waals surface area contributed by atoms with Crippen LogP contribution in [0.4, 0.5) is 0 Å². The SMILES string of the molecule is Cc1ccc(C(O)C2OC2(C)C)cc1. The van der Waals surface area contributed by atoms with Gasteiger partial charge in [-0.25, -0.2) is 0 Å². The molecule has 1 fully saturated rings. The molecule has 0 saturated carbocycles. The van der Waals surface area contributed by atoms with Crippen molar-refractivity contribution in [2.75, 3.05) is 0 Å². The van der Waals surface area contributed by atoms with E-state index in [-0.39, 0.29) is 11.7 Å². The van der Waals surface area contributed by atoms with E-state index in [0.29, 0.717) is 0 Å². The molecular formula is C12H16O2. The molecule has 1 aliphatic rings. The molecule has 0 bridgehead atoms. The van der Waals surface area contributed by atoms with Crippen molar-refractivity contribution in [3.63, 3.8) is 0 Å². The third-order valence-corrected chi connectivity index (χ3v) is 2.76. The highest BCUT2D eigenvalue weighted by atomic mass is 16.6. The second-order valence-electron chi connectivity index (χ2n) is 4.50. The molecule has 1 saturated heterocycles. The number of rotatable bonds is 2. The molecule has 0 aliphatic carbocycles. The Kier molecular flexibility index (Phi) is 2.13. The predicted octanol–water partition coefficient (Wildman–Crippen LogP) is 2.21. The third kappa shape index (κ3) is 1.68. The summed E-state index contributed by atoms with van der Waals surface area (Å²) in [6, 6.07) is 7.93. The monoisotopic (exact) mass is 192 g/mol. The first-order valence-electron chi connectivity index (χ1n) is 4.93. The molecule has 0 spiro atoms. The average molecular weight is 192 g/mol. The summed E-state index contributed by atoms with van der Waals surface area (Å²) in [5.41, 5.74) is 1.98. The summed E-state index contributed by atoms with van der Waals surface area (Å²) in [6.07, 6.45) is -0.546. The fourth-order valence-corrected chi connectivity index (χ4v) is 1.68. The minimum atomic E-state index is -0.495. The highest BCUT2D eigenvalue weighted by molar-refractivity contribution is 5.25. The van der Waals surface area contributed by atoms with Crippen LogP contribution in [0.5, 0.6) is 0 Å². The number of hydrogen-bond donors (Lipinski definition) is 1. The number of hydrogen-bond acceptors (Lipinski definition) is 2. The van der Waals surface area contributed by atoms with E-state index < -0.39 is 6.10 Å². The Hall–Kier alpha value is -0.860. The molecular weight excluding hydrogens is 176 g/mol. The Balaban J connectivity index is 2.13. The number of ether oxygens (including phenoxy) is 1. The molecule has 0 radical (unpaired) electrons. The zero-order valence-electron chi connectivity index (χ0n) is 8.82. The Morgan fingerprint density at radius 2 is 1.79 bits per heavy atom. The van der Waals surface area contributed by atoms with E-state index in [1.807, 2.05) is 45.0 Å². The summed E-state index contributed by atoms with van der Waals surface area (Å²) in [4.78, 5) is 0. The van der Waals surface area contributed by atoms with Crippen molar-refractivity contribution in [3.8, 4) is 0 Å². The van der Waals surface area contributed by atoms with E-state index in [0.717, 1.165) is 5.56 Å². The van der Waals surface area contributed by atoms with Gasteiger partial charge in [0.05, 0.1) is 5.60 Å². The van der Waals surface area contributed by atoms with Crippen LogP contribution in [-0.2, 0) is 4.74 Å². The smallest absolute Gasteiger partial charge is 0.117 e. The first-order chi connectivity index (χ1) is 6.50. The molecule has 1 aromatic carbocycles. The standard InChI is InChI=1S/C12H16O2/c1-8-4-6-9(7-5-8)10(13)11-12(2,3)14-11/h4-7,10-11,13H,1-3H3. The largest absolute Gasteiger partial charge is 0.386 e. The Labute approximate surface area is 84.5 Å². The molecule has 76 valence electrons. The van der Waals surface area contributed by atoms with Gasteiger partial charge in [-0.2, -0.15) is 0 Å². The average Bonchev–Trinajstić information content (AvgIpc) is 2.75. The van der Waals surface area contributed by atoms with Gasteiger partial charge in [-0.05, 0) is 26.3 Å². The van der Waals surface area contributed by atoms with E-state index in [2.05, 4.69) is 0 Å². The molecule has 2 atom stereocenters. The number of epoxide rings is 1. The van der Waals surface area contributed by atoms with Crippen LogP contribution in [-0.4, -0.2) is 16.8 Å². The van der Waals surface area contributed by atoms with Gasteiger partial charge < -0.3 is 9.84 Å². The fraction of sp³-hybridized carbons (Fsp3) is 0.500. The van der Waals surface area contributed by atoms with Crippen LogP contribution < -0.4 is 0 Å². The Morgan fingerprint density at radius 1 is 1.29 bits per heavy atom. The maximum Gasteiger partial charge on any atom is 0.117 e. The second-order valence-corrected chi connectivity index (χ2v) is 4.50. The van der Waals surface area contributed by atoms with Gasteiger partial charge in [0.1, 0.15) is 12.2 Å². The van der Waals surface area contributed by atoms with Gasteiger partial charge in [-0.3, -0.25) is 0 Å². The molecule has 2 unspecified atom stereocenters. The van der Waals surface area contributed by atoms with E-state index in [9.17, 15) is 5.11 Å². The second kappa shape index (κ2) is 3.07. The lowest BCUT2D eigenvalue weighted by Gasteiger charge is -2.09. The molecule has 2 nitrogen and oxygen atoms in total. The van der Waals surface area contributed by atoms with Crippen molar-refractivity contribution < 1.29 is 9.84 Å². The lowest BCUT2D eigenvalue weighted by atomic mass is 9.99. The Bertz CT molecular complexity index is 327. The summed E-state index contributed by atoms with van der Waals surface area (Å²) < 4.78 is 5.40. The summed E-state index contributed by atoms with van der Waals surface area (Å²) >= 11 is 0. The van der Waals surface area contributed by atoms with Gasteiger partial charge in [0.25, 0.3) is 0 Å². The number of aliphatic hydroxyl groups is 1. The van der Waals surface area contributed by atoms with Crippen LogP contribution in [0.25, 0.3) is 0 Å². The molecule has 2 heteroatoms. The van der Waals surface area contributed by atoms with E-state index >= 15 is 0 Å². The third-order valence-electron chi connectivity index (χ3n) is 2.76. The number of aryl methyl sites for hydroxylation is 1. The van der Waals surface area contributed by atoms with Crippen molar-refractivity contribution >= 4 is 0 Å². The van der Waals surface area contributed by atoms with Crippen molar-refractivity contribution in [1.29, 1.82) is 0 Å². The van der Waals surface area contributed by atoms with Gasteiger partial charge in [-0.15, -0.1) is 0 Å². The lowest BCUT2D eigenvalue weighted by molar-refractivity contribution is 0.136. The zero-order chi connectivity index (χ0) is 10.3. The highest BCUT2D eigenvalue weighted by Crippen LogP contribution is 2.43. The maximum absolute atomic E-state index is 9.96. The lowest BCUT2D eigenvalue weighted by Crippen LogP contribution is -2.12. The van der Waals surface area contributed by atoms with Crippen LogP contribution in [0.1, 0.15) is 31.1 Å². The van der Waals surface area contributed by atoms with Crippen LogP contribution in [0.15, 0.2) is 24.3 Å².